The van der Waals surface area contributed by atoms with Gasteiger partial charge in [0.15, 0.2) is 0 Å². The fourth-order valence-electron chi connectivity index (χ4n) is 3.24. The highest BCUT2D eigenvalue weighted by atomic mass is 16.6. The van der Waals surface area contributed by atoms with Gasteiger partial charge in [-0.25, -0.2) is 4.79 Å². The number of hydrogen-bond donors (Lipinski definition) is 0. The van der Waals surface area contributed by atoms with E-state index >= 15 is 0 Å². The highest BCUT2D eigenvalue weighted by molar-refractivity contribution is 5.68. The molecule has 0 aromatic carbocycles. The molecule has 1 rings (SSSR count). The summed E-state index contributed by atoms with van der Waals surface area (Å²) in [5.74, 6) is 0. The third-order valence-corrected chi connectivity index (χ3v) is 4.20. The first-order valence-electron chi connectivity index (χ1n) is 7.81. The van der Waals surface area contributed by atoms with Gasteiger partial charge in [-0.1, -0.05) is 41.5 Å². The Hall–Kier alpha value is -0.770. The monoisotopic (exact) mass is 299 g/mol. The first-order chi connectivity index (χ1) is 9.20. The van der Waals surface area contributed by atoms with Gasteiger partial charge in [0.1, 0.15) is 5.60 Å². The quantitative estimate of drug-likeness (QED) is 0.676. The maximum Gasteiger partial charge on any atom is 0.410 e. The average molecular weight is 299 g/mol. The zero-order chi connectivity index (χ0) is 16.7. The normalized spacial score (nSPS) is 20.3. The Morgan fingerprint density at radius 1 is 1.00 bits per heavy atom. The van der Waals surface area contributed by atoms with E-state index in [1.54, 1.807) is 4.90 Å². The van der Waals surface area contributed by atoms with Crippen LogP contribution in [-0.2, 0) is 9.47 Å². The van der Waals surface area contributed by atoms with Crippen molar-refractivity contribution in [2.45, 2.75) is 73.5 Å². The molecule has 1 heterocycles. The van der Waals surface area contributed by atoms with Crippen LogP contribution in [0.15, 0.2) is 0 Å². The lowest BCUT2D eigenvalue weighted by Crippen LogP contribution is -2.65. The molecular formula is C17H33NO3. The van der Waals surface area contributed by atoms with Crippen molar-refractivity contribution in [3.63, 3.8) is 0 Å². The Bertz CT molecular complexity index is 368. The van der Waals surface area contributed by atoms with E-state index in [0.717, 1.165) is 0 Å². The summed E-state index contributed by atoms with van der Waals surface area (Å²) in [6.45, 7) is 20.4. The second-order valence-electron chi connectivity index (χ2n) is 9.08. The zero-order valence-electron chi connectivity index (χ0n) is 15.3. The maximum atomic E-state index is 12.4. The van der Waals surface area contributed by atoms with E-state index in [-0.39, 0.29) is 16.9 Å². The molecule has 4 heteroatoms. The van der Waals surface area contributed by atoms with E-state index in [2.05, 4.69) is 41.5 Å². The maximum absolute atomic E-state index is 12.4. The van der Waals surface area contributed by atoms with Crippen LogP contribution in [0.5, 0.6) is 0 Å². The van der Waals surface area contributed by atoms with Gasteiger partial charge in [-0.3, -0.25) is 0 Å². The first kappa shape index (κ1) is 18.3. The van der Waals surface area contributed by atoms with Gasteiger partial charge >= 0.3 is 6.09 Å². The number of hydrogen-bond acceptors (Lipinski definition) is 3. The summed E-state index contributed by atoms with van der Waals surface area (Å²) < 4.78 is 11.8. The number of nitrogens with zero attached hydrogens (tertiary/aromatic N) is 1. The summed E-state index contributed by atoms with van der Waals surface area (Å²) in [5.41, 5.74) is -1.02. The topological polar surface area (TPSA) is 38.8 Å². The minimum atomic E-state index is -0.471. The fraction of sp³-hybridized carbons (Fsp3) is 0.941. The van der Waals surface area contributed by atoms with E-state index in [1.165, 1.54) is 0 Å². The minimum Gasteiger partial charge on any atom is -0.444 e. The van der Waals surface area contributed by atoms with Crippen LogP contribution in [0.2, 0.25) is 0 Å². The molecule has 0 aromatic heterocycles. The van der Waals surface area contributed by atoms with Crippen LogP contribution in [0.25, 0.3) is 0 Å². The predicted octanol–water partition coefficient (Wildman–Crippen LogP) is 4.08. The van der Waals surface area contributed by atoms with Crippen molar-refractivity contribution < 1.29 is 14.3 Å². The van der Waals surface area contributed by atoms with Crippen molar-refractivity contribution in [3.05, 3.63) is 0 Å². The lowest BCUT2D eigenvalue weighted by atomic mass is 9.61. The molecule has 0 spiro atoms. The van der Waals surface area contributed by atoms with Crippen molar-refractivity contribution in [2.24, 2.45) is 10.8 Å². The van der Waals surface area contributed by atoms with Crippen molar-refractivity contribution in [1.82, 2.24) is 4.90 Å². The number of amides is 1. The van der Waals surface area contributed by atoms with Gasteiger partial charge in [0, 0.05) is 6.54 Å². The van der Waals surface area contributed by atoms with E-state index in [1.807, 2.05) is 20.8 Å². The van der Waals surface area contributed by atoms with Crippen molar-refractivity contribution >= 4 is 6.09 Å². The second kappa shape index (κ2) is 5.45. The standard InChI is InChI=1S/C17H33NO3/c1-14(2,3)17(15(4,5)6)12-18(10-11-20-17)13(19)21-16(7,8)9/h10-12H2,1-9H3. The number of carbonyl (C=O) groups is 1. The van der Waals surface area contributed by atoms with Crippen LogP contribution in [0, 0.1) is 10.8 Å². The molecule has 1 aliphatic heterocycles. The van der Waals surface area contributed by atoms with Crippen LogP contribution < -0.4 is 0 Å². The summed E-state index contributed by atoms with van der Waals surface area (Å²) in [4.78, 5) is 14.2. The van der Waals surface area contributed by atoms with E-state index < -0.39 is 11.2 Å². The second-order valence-corrected chi connectivity index (χ2v) is 9.08. The predicted molar refractivity (Wildman–Crippen MR) is 85.4 cm³/mol. The molecule has 0 unspecified atom stereocenters. The highest BCUT2D eigenvalue weighted by Crippen LogP contribution is 2.48. The van der Waals surface area contributed by atoms with Gasteiger partial charge in [-0.05, 0) is 31.6 Å². The molecular weight excluding hydrogens is 266 g/mol. The van der Waals surface area contributed by atoms with Crippen molar-refractivity contribution in [3.8, 4) is 0 Å². The average Bonchev–Trinajstić information content (AvgIpc) is 2.23. The SMILES string of the molecule is CC(C)(C)OC(=O)N1CCOC(C(C)(C)C)(C(C)(C)C)C1. The number of rotatable bonds is 0. The van der Waals surface area contributed by atoms with Gasteiger partial charge < -0.3 is 14.4 Å². The van der Waals surface area contributed by atoms with Gasteiger partial charge in [-0.15, -0.1) is 0 Å². The van der Waals surface area contributed by atoms with Gasteiger partial charge in [0.05, 0.1) is 18.8 Å². The van der Waals surface area contributed by atoms with Gasteiger partial charge in [0.25, 0.3) is 0 Å². The van der Waals surface area contributed by atoms with Crippen molar-refractivity contribution in [1.29, 1.82) is 0 Å². The molecule has 0 aliphatic carbocycles. The van der Waals surface area contributed by atoms with Gasteiger partial charge in [-0.2, -0.15) is 0 Å². The molecule has 0 radical (unpaired) electrons. The Labute approximate surface area is 130 Å². The van der Waals surface area contributed by atoms with Gasteiger partial charge in [0.2, 0.25) is 0 Å². The number of carbonyl (C=O) groups excluding carboxylic acids is 1. The summed E-state index contributed by atoms with van der Waals surface area (Å²) >= 11 is 0. The third kappa shape index (κ3) is 3.91. The van der Waals surface area contributed by atoms with Crippen LogP contribution >= 0.6 is 0 Å². The van der Waals surface area contributed by atoms with E-state index in [4.69, 9.17) is 9.47 Å². The number of ether oxygens (including phenoxy) is 2. The van der Waals surface area contributed by atoms with Crippen LogP contribution in [0.1, 0.15) is 62.3 Å². The summed E-state index contributed by atoms with van der Waals surface area (Å²) in [6, 6.07) is 0. The minimum absolute atomic E-state index is 0.0774. The molecule has 0 N–H and O–H groups in total. The molecule has 1 aliphatic rings. The molecule has 0 saturated carbocycles. The molecule has 4 nitrogen and oxygen atoms in total. The van der Waals surface area contributed by atoms with Crippen molar-refractivity contribution in [2.75, 3.05) is 19.7 Å². The van der Waals surface area contributed by atoms with Crippen LogP contribution in [0.3, 0.4) is 0 Å². The Balaban J connectivity index is 3.03. The fourth-order valence-corrected chi connectivity index (χ4v) is 3.24. The van der Waals surface area contributed by atoms with E-state index in [9.17, 15) is 4.79 Å². The molecule has 124 valence electrons. The molecule has 1 amide bonds. The highest BCUT2D eigenvalue weighted by Gasteiger charge is 2.55. The Kier molecular flexibility index (Phi) is 4.75. The first-order valence-corrected chi connectivity index (χ1v) is 7.81. The van der Waals surface area contributed by atoms with Crippen LogP contribution in [-0.4, -0.2) is 41.9 Å². The molecule has 1 fully saturated rings. The largest absolute Gasteiger partial charge is 0.444 e. The van der Waals surface area contributed by atoms with Crippen LogP contribution in [0.4, 0.5) is 4.79 Å². The summed E-state index contributed by atoms with van der Waals surface area (Å²) in [6.07, 6.45) is -0.247. The lowest BCUT2D eigenvalue weighted by Gasteiger charge is -2.57. The van der Waals surface area contributed by atoms with E-state index in [0.29, 0.717) is 19.7 Å². The zero-order valence-corrected chi connectivity index (χ0v) is 15.3. The smallest absolute Gasteiger partial charge is 0.410 e. The Morgan fingerprint density at radius 2 is 1.48 bits per heavy atom. The molecule has 1 saturated heterocycles. The lowest BCUT2D eigenvalue weighted by molar-refractivity contribution is -0.214. The Morgan fingerprint density at radius 3 is 1.86 bits per heavy atom. The summed E-state index contributed by atoms with van der Waals surface area (Å²) in [5, 5.41) is 0. The number of morpholine rings is 1. The molecule has 21 heavy (non-hydrogen) atoms. The molecule has 0 aromatic rings. The molecule has 0 bridgehead atoms. The summed E-state index contributed by atoms with van der Waals surface area (Å²) in [7, 11) is 0. The molecule has 0 atom stereocenters. The third-order valence-electron chi connectivity index (χ3n) is 4.20.